The molecule has 0 radical (unpaired) electrons. The summed E-state index contributed by atoms with van der Waals surface area (Å²) in [5, 5.41) is 9.61. The molecule has 0 saturated heterocycles. The van der Waals surface area contributed by atoms with Gasteiger partial charge in [0.2, 0.25) is 0 Å². The summed E-state index contributed by atoms with van der Waals surface area (Å²) in [7, 11) is 0. The zero-order valence-corrected chi connectivity index (χ0v) is 26.3. The first-order valence-electron chi connectivity index (χ1n) is 15.7. The van der Waals surface area contributed by atoms with E-state index in [-0.39, 0.29) is 34.6 Å². The lowest BCUT2D eigenvalue weighted by Crippen LogP contribution is -2.52. The van der Waals surface area contributed by atoms with E-state index in [0.717, 1.165) is 68.4 Å². The number of halogens is 3. The number of aromatic nitrogens is 1. The van der Waals surface area contributed by atoms with Gasteiger partial charge in [-0.2, -0.15) is 0 Å². The van der Waals surface area contributed by atoms with Gasteiger partial charge in [-0.15, -0.1) is 0 Å². The fourth-order valence-electron chi connectivity index (χ4n) is 6.18. The molecule has 2 heterocycles. The normalized spacial score (nSPS) is 18.1. The number of para-hydroxylation sites is 1. The second-order valence-electron chi connectivity index (χ2n) is 11.9. The van der Waals surface area contributed by atoms with Crippen molar-refractivity contribution < 1.29 is 18.0 Å². The highest BCUT2D eigenvalue weighted by molar-refractivity contribution is 6.18. The monoisotopic (exact) mass is 622 g/mol. The van der Waals surface area contributed by atoms with Crippen LogP contribution in [0.4, 0.5) is 19.0 Å². The van der Waals surface area contributed by atoms with Crippen molar-refractivity contribution in [1.82, 2.24) is 20.1 Å². The van der Waals surface area contributed by atoms with E-state index in [1.165, 1.54) is 24.3 Å². The molecule has 1 saturated carbocycles. The Morgan fingerprint density at radius 2 is 1.73 bits per heavy atom. The van der Waals surface area contributed by atoms with Gasteiger partial charge in [0.15, 0.2) is 5.79 Å². The van der Waals surface area contributed by atoms with Crippen LogP contribution in [0.1, 0.15) is 79.9 Å². The van der Waals surface area contributed by atoms with Gasteiger partial charge in [-0.3, -0.25) is 19.5 Å². The second kappa shape index (κ2) is 13.6. The molecule has 1 aromatic heterocycles. The molecule has 45 heavy (non-hydrogen) atoms. The van der Waals surface area contributed by atoms with E-state index >= 15 is 13.2 Å². The van der Waals surface area contributed by atoms with E-state index in [0.29, 0.717) is 17.7 Å². The molecule has 1 atom stereocenters. The molecule has 1 amide bonds. The highest BCUT2D eigenvalue weighted by Gasteiger charge is 2.35. The molecule has 11 heteroatoms. The molecule has 1 unspecified atom stereocenters. The Morgan fingerprint density at radius 3 is 2.40 bits per heavy atom. The molecule has 1 aliphatic carbocycles. The maximum atomic E-state index is 15.5. The molecule has 1 aliphatic heterocycles. The van der Waals surface area contributed by atoms with E-state index in [4.69, 9.17) is 4.99 Å². The molecule has 1 fully saturated rings. The molecular formula is C34H41F3N6O2. The van der Waals surface area contributed by atoms with Crippen molar-refractivity contribution in [3.63, 3.8) is 0 Å². The van der Waals surface area contributed by atoms with Crippen LogP contribution in [-0.2, 0) is 0 Å². The number of pyridine rings is 1. The zero-order chi connectivity index (χ0) is 32.3. The van der Waals surface area contributed by atoms with Crippen LogP contribution in [0.3, 0.4) is 0 Å². The van der Waals surface area contributed by atoms with E-state index in [9.17, 15) is 9.59 Å². The zero-order valence-electron chi connectivity index (χ0n) is 26.3. The topological polar surface area (TPSA) is 90.8 Å². The number of rotatable bonds is 11. The van der Waals surface area contributed by atoms with E-state index in [1.807, 2.05) is 0 Å². The molecule has 3 N–H and O–H groups in total. The van der Waals surface area contributed by atoms with Gasteiger partial charge in [-0.05, 0) is 88.6 Å². The average Bonchev–Trinajstić information content (AvgIpc) is 3.52. The summed E-state index contributed by atoms with van der Waals surface area (Å²) in [6.07, 6.45) is 4.60. The molecule has 3 aromatic rings. The van der Waals surface area contributed by atoms with Gasteiger partial charge < -0.3 is 15.5 Å². The summed E-state index contributed by atoms with van der Waals surface area (Å²) < 4.78 is 46.8. The van der Waals surface area contributed by atoms with Crippen LogP contribution in [0, 0.1) is 24.4 Å². The minimum absolute atomic E-state index is 0.0381. The lowest BCUT2D eigenvalue weighted by Gasteiger charge is -2.37. The molecule has 0 spiro atoms. The van der Waals surface area contributed by atoms with Crippen molar-refractivity contribution in [1.29, 1.82) is 0 Å². The Morgan fingerprint density at radius 1 is 1.04 bits per heavy atom. The number of benzene rings is 2. The van der Waals surface area contributed by atoms with Gasteiger partial charge in [0.05, 0.1) is 5.71 Å². The van der Waals surface area contributed by atoms with E-state index < -0.39 is 34.5 Å². The van der Waals surface area contributed by atoms with Gasteiger partial charge in [-0.1, -0.05) is 32.8 Å². The highest BCUT2D eigenvalue weighted by Crippen LogP contribution is 2.33. The van der Waals surface area contributed by atoms with Gasteiger partial charge in [0.25, 0.3) is 11.5 Å². The summed E-state index contributed by atoms with van der Waals surface area (Å²) in [6, 6.07) is 8.94. The van der Waals surface area contributed by atoms with Gasteiger partial charge >= 0.3 is 0 Å². The Kier molecular flexibility index (Phi) is 9.79. The number of carbonyl (C=O) groups is 1. The predicted octanol–water partition coefficient (Wildman–Crippen LogP) is 5.49. The Balaban J connectivity index is 1.63. The molecule has 2 aromatic carbocycles. The fraction of sp³-hybridized carbons (Fsp3) is 0.441. The lowest BCUT2D eigenvalue weighted by molar-refractivity contribution is 0.0937. The number of nitrogens with zero attached hydrogens (tertiary/aromatic N) is 3. The average molecular weight is 623 g/mol. The van der Waals surface area contributed by atoms with Crippen molar-refractivity contribution in [2.24, 2.45) is 4.99 Å². The molecule has 240 valence electrons. The Hall–Kier alpha value is -3.96. The molecule has 8 nitrogen and oxygen atoms in total. The van der Waals surface area contributed by atoms with Crippen molar-refractivity contribution in [2.75, 3.05) is 31.5 Å². The third-order valence-electron chi connectivity index (χ3n) is 8.77. The Labute approximate surface area is 261 Å². The van der Waals surface area contributed by atoms with Gasteiger partial charge in [0.1, 0.15) is 29.0 Å². The number of hydrogen-bond donors (Lipinski definition) is 3. The number of anilines is 1. The summed E-state index contributed by atoms with van der Waals surface area (Å²) >= 11 is 0. The van der Waals surface area contributed by atoms with Crippen LogP contribution in [0.2, 0.25) is 0 Å². The number of amides is 1. The predicted molar refractivity (Wildman–Crippen MR) is 171 cm³/mol. The second-order valence-corrected chi connectivity index (χ2v) is 11.9. The third-order valence-corrected chi connectivity index (χ3v) is 8.77. The van der Waals surface area contributed by atoms with Gasteiger partial charge in [-0.25, -0.2) is 18.2 Å². The van der Waals surface area contributed by atoms with E-state index in [2.05, 4.69) is 34.7 Å². The van der Waals surface area contributed by atoms with Crippen LogP contribution in [0.5, 0.6) is 0 Å². The quantitative estimate of drug-likeness (QED) is 0.246. The largest absolute Gasteiger partial charge is 0.349 e. The number of aliphatic imine (C=N–C) groups is 1. The number of nitrogens with one attached hydrogen (secondary N) is 3. The third kappa shape index (κ3) is 6.84. The van der Waals surface area contributed by atoms with Crippen molar-refractivity contribution >= 4 is 17.4 Å². The Bertz CT molecular complexity index is 1640. The molecular weight excluding hydrogens is 581 g/mol. The minimum Gasteiger partial charge on any atom is -0.349 e. The van der Waals surface area contributed by atoms with Crippen LogP contribution >= 0.6 is 0 Å². The number of fused-ring (bicyclic) bond motifs is 1. The number of carbonyl (C=O) groups excluding carboxylic acids is 1. The van der Waals surface area contributed by atoms with Crippen molar-refractivity contribution in [2.45, 2.75) is 71.6 Å². The molecule has 0 bridgehead atoms. The maximum absolute atomic E-state index is 15.5. The number of hydrogen-bond acceptors (Lipinski definition) is 6. The smallest absolute Gasteiger partial charge is 0.256 e. The summed E-state index contributed by atoms with van der Waals surface area (Å²) in [5.74, 6) is -3.97. The first-order chi connectivity index (χ1) is 21.5. The van der Waals surface area contributed by atoms with E-state index in [1.54, 1.807) is 19.9 Å². The fourth-order valence-corrected chi connectivity index (χ4v) is 6.18. The minimum atomic E-state index is -1.26. The van der Waals surface area contributed by atoms with Crippen LogP contribution in [-0.4, -0.2) is 59.1 Å². The molecule has 5 rings (SSSR count). The summed E-state index contributed by atoms with van der Waals surface area (Å²) in [6.45, 7) is 10.7. The van der Waals surface area contributed by atoms with Crippen molar-refractivity contribution in [3.8, 4) is 5.69 Å². The van der Waals surface area contributed by atoms with Crippen LogP contribution in [0.25, 0.3) is 5.69 Å². The van der Waals surface area contributed by atoms with Crippen LogP contribution in [0.15, 0.2) is 52.3 Å². The lowest BCUT2D eigenvalue weighted by atomic mass is 9.93. The van der Waals surface area contributed by atoms with Crippen molar-refractivity contribution in [3.05, 3.63) is 92.5 Å². The van der Waals surface area contributed by atoms with Crippen LogP contribution < -0.4 is 21.5 Å². The first-order valence-corrected chi connectivity index (χ1v) is 15.7. The standard InChI is InChI=1S/C34H41F3N6O2/c1-5-42(6-2)18-10-17-38-34(4)40-30(25-19-22(20-28(37)21(25)3)33(45)39-23-11-7-8-12-23)24-15-16-29(44)43(32(24)41-34)31-26(35)13-9-14-27(31)36/h9,13-16,19-20,23,38,41H,5-8,10-12,17-18H2,1-4H3,(H,39,45). The SMILES string of the molecule is CCN(CC)CCCNC1(C)N=C(c2cc(C(=O)NC3CCCC3)cc(F)c2C)c2ccc(=O)n(-c3c(F)cccc3F)c2N1. The highest BCUT2D eigenvalue weighted by atomic mass is 19.1. The van der Waals surface area contributed by atoms with Gasteiger partial charge in [0, 0.05) is 35.3 Å². The molecule has 2 aliphatic rings. The summed E-state index contributed by atoms with van der Waals surface area (Å²) in [4.78, 5) is 33.8. The maximum Gasteiger partial charge on any atom is 0.256 e. The first kappa shape index (κ1) is 32.4. The summed E-state index contributed by atoms with van der Waals surface area (Å²) in [5.41, 5.74) is 0.135.